The molecule has 0 radical (unpaired) electrons. The molecule has 6 heteroatoms. The molecule has 2 N–H and O–H groups in total. The number of benzene rings is 1. The average Bonchev–Trinajstić information content (AvgIpc) is 3.15. The van der Waals surface area contributed by atoms with Crippen LogP contribution in [0.5, 0.6) is 5.75 Å². The topological polar surface area (TPSA) is 79.9 Å². The van der Waals surface area contributed by atoms with Crippen LogP contribution < -0.4 is 10.1 Å². The van der Waals surface area contributed by atoms with E-state index in [0.717, 1.165) is 24.1 Å². The molecule has 0 saturated heterocycles. The van der Waals surface area contributed by atoms with Gasteiger partial charge < -0.3 is 10.1 Å². The molecular weight excluding hydrogens is 328 g/mol. The third kappa shape index (κ3) is 3.44. The molecular formula is C20H20N4O2. The number of carbonyl (C=O) groups is 1. The lowest BCUT2D eigenvalue weighted by Crippen LogP contribution is -2.25. The predicted molar refractivity (Wildman–Crippen MR) is 99.2 cm³/mol. The van der Waals surface area contributed by atoms with E-state index in [1.807, 2.05) is 37.3 Å². The summed E-state index contributed by atoms with van der Waals surface area (Å²) in [6, 6.07) is 12.9. The summed E-state index contributed by atoms with van der Waals surface area (Å²) < 4.78 is 6.03. The van der Waals surface area contributed by atoms with E-state index in [1.54, 1.807) is 18.3 Å². The van der Waals surface area contributed by atoms with E-state index in [-0.39, 0.29) is 12.0 Å². The van der Waals surface area contributed by atoms with Gasteiger partial charge in [0.25, 0.3) is 5.91 Å². The molecule has 1 fully saturated rings. The van der Waals surface area contributed by atoms with Crippen LogP contribution in [0.15, 0.2) is 48.7 Å². The van der Waals surface area contributed by atoms with E-state index >= 15 is 0 Å². The first-order chi connectivity index (χ1) is 12.7. The minimum absolute atomic E-state index is 0.245. The smallest absolute Gasteiger partial charge is 0.274 e. The third-order valence-electron chi connectivity index (χ3n) is 4.49. The predicted octanol–water partition coefficient (Wildman–Crippen LogP) is 3.96. The number of carbonyl (C=O) groups excluding carboxylic acids is 1. The van der Waals surface area contributed by atoms with Crippen LogP contribution >= 0.6 is 0 Å². The van der Waals surface area contributed by atoms with Gasteiger partial charge in [0, 0.05) is 6.20 Å². The quantitative estimate of drug-likeness (QED) is 0.731. The summed E-state index contributed by atoms with van der Waals surface area (Å²) in [5, 5.41) is 9.70. The highest BCUT2D eigenvalue weighted by molar-refractivity contribution is 6.04. The molecule has 1 saturated carbocycles. The van der Waals surface area contributed by atoms with Gasteiger partial charge in [-0.1, -0.05) is 12.1 Å². The average molecular weight is 348 g/mol. The number of aromatic amines is 1. The molecule has 1 amide bonds. The van der Waals surface area contributed by atoms with Crippen molar-refractivity contribution in [2.24, 2.45) is 0 Å². The van der Waals surface area contributed by atoms with E-state index in [2.05, 4.69) is 20.5 Å². The Morgan fingerprint density at radius 1 is 1.23 bits per heavy atom. The van der Waals surface area contributed by atoms with Crippen molar-refractivity contribution in [3.05, 3.63) is 59.9 Å². The number of aryl methyl sites for hydroxylation is 1. The number of ether oxygens (including phenoxy) is 1. The molecule has 4 rings (SSSR count). The van der Waals surface area contributed by atoms with Gasteiger partial charge in [0.1, 0.15) is 11.4 Å². The van der Waals surface area contributed by atoms with E-state index in [0.29, 0.717) is 22.8 Å². The van der Waals surface area contributed by atoms with Gasteiger partial charge in [0.05, 0.1) is 23.2 Å². The Balaban J connectivity index is 1.55. The number of amides is 1. The largest absolute Gasteiger partial charge is 0.488 e. The molecule has 3 aromatic rings. The number of aromatic nitrogens is 3. The van der Waals surface area contributed by atoms with Crippen LogP contribution in [0.25, 0.3) is 11.4 Å². The summed E-state index contributed by atoms with van der Waals surface area (Å²) >= 11 is 0. The fourth-order valence-electron chi connectivity index (χ4n) is 2.79. The lowest BCUT2D eigenvalue weighted by Gasteiger charge is -2.27. The SMILES string of the molecule is Cc1ccc(NC(=O)c2cccc(-c3ccn[nH]3)n2)c(OC2CCC2)c1. The summed E-state index contributed by atoms with van der Waals surface area (Å²) in [6.45, 7) is 2.01. The molecule has 1 aromatic carbocycles. The van der Waals surface area contributed by atoms with E-state index in [1.165, 1.54) is 6.42 Å². The Bertz CT molecular complexity index is 917. The maximum absolute atomic E-state index is 12.7. The number of hydrogen-bond acceptors (Lipinski definition) is 4. The summed E-state index contributed by atoms with van der Waals surface area (Å²) in [4.78, 5) is 17.1. The van der Waals surface area contributed by atoms with Gasteiger partial charge in [-0.3, -0.25) is 9.89 Å². The van der Waals surface area contributed by atoms with Gasteiger partial charge in [-0.15, -0.1) is 0 Å². The Morgan fingerprint density at radius 2 is 2.12 bits per heavy atom. The van der Waals surface area contributed by atoms with Crippen molar-refractivity contribution < 1.29 is 9.53 Å². The molecule has 1 aliphatic carbocycles. The van der Waals surface area contributed by atoms with Crippen LogP contribution in [0.1, 0.15) is 35.3 Å². The molecule has 0 bridgehead atoms. The molecule has 0 aliphatic heterocycles. The van der Waals surface area contributed by atoms with Gasteiger partial charge in [-0.25, -0.2) is 4.98 Å². The monoisotopic (exact) mass is 348 g/mol. The first-order valence-corrected chi connectivity index (χ1v) is 8.74. The Morgan fingerprint density at radius 3 is 2.85 bits per heavy atom. The Labute approximate surface area is 151 Å². The fraction of sp³-hybridized carbons (Fsp3) is 0.250. The molecule has 1 aliphatic rings. The number of hydrogen-bond donors (Lipinski definition) is 2. The zero-order chi connectivity index (χ0) is 17.9. The maximum Gasteiger partial charge on any atom is 0.274 e. The third-order valence-corrected chi connectivity index (χ3v) is 4.49. The zero-order valence-corrected chi connectivity index (χ0v) is 14.5. The number of pyridine rings is 1. The Hall–Kier alpha value is -3.15. The molecule has 2 heterocycles. The zero-order valence-electron chi connectivity index (χ0n) is 14.5. The molecule has 2 aromatic heterocycles. The van der Waals surface area contributed by atoms with Crippen molar-refractivity contribution in [2.75, 3.05) is 5.32 Å². The first-order valence-electron chi connectivity index (χ1n) is 8.74. The molecule has 0 unspecified atom stereocenters. The molecule has 26 heavy (non-hydrogen) atoms. The van der Waals surface area contributed by atoms with Crippen molar-refractivity contribution >= 4 is 11.6 Å². The lowest BCUT2D eigenvalue weighted by atomic mass is 9.96. The van der Waals surface area contributed by atoms with Crippen LogP contribution in [0.2, 0.25) is 0 Å². The van der Waals surface area contributed by atoms with Crippen molar-refractivity contribution in [2.45, 2.75) is 32.3 Å². The summed E-state index contributed by atoms with van der Waals surface area (Å²) in [5.41, 5.74) is 3.54. The highest BCUT2D eigenvalue weighted by Gasteiger charge is 2.21. The lowest BCUT2D eigenvalue weighted by molar-refractivity contribution is 0.101. The van der Waals surface area contributed by atoms with Crippen LogP contribution in [-0.4, -0.2) is 27.2 Å². The highest BCUT2D eigenvalue weighted by Crippen LogP contribution is 2.32. The van der Waals surface area contributed by atoms with Crippen LogP contribution in [0, 0.1) is 6.92 Å². The summed E-state index contributed by atoms with van der Waals surface area (Å²) in [6.07, 6.45) is 5.22. The number of rotatable bonds is 5. The Kier molecular flexibility index (Phi) is 4.39. The van der Waals surface area contributed by atoms with Crippen molar-refractivity contribution in [3.63, 3.8) is 0 Å². The van der Waals surface area contributed by atoms with Gasteiger partial charge >= 0.3 is 0 Å². The van der Waals surface area contributed by atoms with Crippen molar-refractivity contribution in [1.29, 1.82) is 0 Å². The van der Waals surface area contributed by atoms with E-state index in [9.17, 15) is 4.79 Å². The highest BCUT2D eigenvalue weighted by atomic mass is 16.5. The second-order valence-electron chi connectivity index (χ2n) is 6.50. The number of H-pyrrole nitrogens is 1. The number of anilines is 1. The van der Waals surface area contributed by atoms with E-state index < -0.39 is 0 Å². The van der Waals surface area contributed by atoms with Gasteiger partial charge in [0.2, 0.25) is 0 Å². The number of nitrogens with one attached hydrogen (secondary N) is 2. The fourth-order valence-corrected chi connectivity index (χ4v) is 2.79. The van der Waals surface area contributed by atoms with Crippen molar-refractivity contribution in [1.82, 2.24) is 15.2 Å². The van der Waals surface area contributed by atoms with Gasteiger partial charge in [-0.05, 0) is 62.1 Å². The van der Waals surface area contributed by atoms with Crippen LogP contribution in [0.4, 0.5) is 5.69 Å². The molecule has 0 atom stereocenters. The summed E-state index contributed by atoms with van der Waals surface area (Å²) in [5.74, 6) is 0.446. The molecule has 6 nitrogen and oxygen atoms in total. The van der Waals surface area contributed by atoms with Crippen molar-refractivity contribution in [3.8, 4) is 17.1 Å². The van der Waals surface area contributed by atoms with E-state index in [4.69, 9.17) is 4.74 Å². The van der Waals surface area contributed by atoms with Crippen LogP contribution in [-0.2, 0) is 0 Å². The second-order valence-corrected chi connectivity index (χ2v) is 6.50. The summed E-state index contributed by atoms with van der Waals surface area (Å²) in [7, 11) is 0. The normalized spacial score (nSPS) is 13.9. The molecule has 132 valence electrons. The standard InChI is InChI=1S/C20H20N4O2/c1-13-8-9-17(19(12-13)26-14-4-2-5-14)23-20(25)18-7-3-6-15(22-18)16-10-11-21-24-16/h3,6-12,14H,2,4-5H2,1H3,(H,21,24)(H,23,25). The maximum atomic E-state index is 12.7. The second kappa shape index (κ2) is 7.00. The molecule has 0 spiro atoms. The first kappa shape index (κ1) is 16.3. The van der Waals surface area contributed by atoms with Gasteiger partial charge in [0.15, 0.2) is 0 Å². The van der Waals surface area contributed by atoms with Gasteiger partial charge in [-0.2, -0.15) is 5.10 Å². The number of nitrogens with zero attached hydrogens (tertiary/aromatic N) is 2. The minimum atomic E-state index is -0.270. The van der Waals surface area contributed by atoms with Crippen LogP contribution in [0.3, 0.4) is 0 Å². The minimum Gasteiger partial charge on any atom is -0.488 e.